The van der Waals surface area contributed by atoms with Gasteiger partial charge in [0.1, 0.15) is 0 Å². The lowest BCUT2D eigenvalue weighted by molar-refractivity contribution is -0.0617. The highest BCUT2D eigenvalue weighted by Crippen LogP contribution is 2.27. The van der Waals surface area contributed by atoms with Gasteiger partial charge in [0, 0.05) is 32.8 Å². The molecule has 3 unspecified atom stereocenters. The number of nitrogens with zero attached hydrogens (tertiary/aromatic N) is 1. The molecular formula is C12H24N2O2. The molecule has 2 rings (SSSR count). The lowest BCUT2D eigenvalue weighted by Crippen LogP contribution is -2.52. The number of fused-ring (bicyclic) bond motifs is 2. The minimum absolute atomic E-state index is 0.472. The van der Waals surface area contributed by atoms with Crippen molar-refractivity contribution >= 4 is 0 Å². The van der Waals surface area contributed by atoms with E-state index in [0.717, 1.165) is 32.8 Å². The maximum Gasteiger partial charge on any atom is 0.0707 e. The number of morpholine rings is 1. The first-order chi connectivity index (χ1) is 7.83. The first kappa shape index (κ1) is 12.3. The van der Waals surface area contributed by atoms with Crippen molar-refractivity contribution in [1.29, 1.82) is 0 Å². The van der Waals surface area contributed by atoms with Gasteiger partial charge >= 0.3 is 0 Å². The third kappa shape index (κ3) is 2.94. The Morgan fingerprint density at radius 3 is 2.62 bits per heavy atom. The second-order valence-electron chi connectivity index (χ2n) is 4.83. The topological polar surface area (TPSA) is 33.7 Å². The van der Waals surface area contributed by atoms with E-state index >= 15 is 0 Å². The predicted octanol–water partition coefficient (Wildman–Crippen LogP) is 0.474. The molecule has 3 atom stereocenters. The summed E-state index contributed by atoms with van der Waals surface area (Å²) < 4.78 is 11.2. The number of nitrogens with one attached hydrogen (secondary N) is 1. The van der Waals surface area contributed by atoms with Gasteiger partial charge in [-0.2, -0.15) is 0 Å². The minimum Gasteiger partial charge on any atom is -0.383 e. The highest BCUT2D eigenvalue weighted by molar-refractivity contribution is 4.88. The number of hydrogen-bond donors (Lipinski definition) is 1. The molecular weight excluding hydrogens is 204 g/mol. The summed E-state index contributed by atoms with van der Waals surface area (Å²) in [6.07, 6.45) is 3.42. The van der Waals surface area contributed by atoms with Crippen LogP contribution >= 0.6 is 0 Å². The SMILES string of the molecule is CCNCC(COC)N1CC2CCC(C1)O2. The minimum atomic E-state index is 0.472. The van der Waals surface area contributed by atoms with Crippen molar-refractivity contribution in [2.45, 2.75) is 38.0 Å². The molecule has 4 heteroatoms. The second-order valence-corrected chi connectivity index (χ2v) is 4.83. The van der Waals surface area contributed by atoms with Crippen LogP contribution in [0.2, 0.25) is 0 Å². The fraction of sp³-hybridized carbons (Fsp3) is 1.00. The Kier molecular flexibility index (Phi) is 4.58. The summed E-state index contributed by atoms with van der Waals surface area (Å²) in [5.74, 6) is 0. The van der Waals surface area contributed by atoms with Gasteiger partial charge < -0.3 is 14.8 Å². The fourth-order valence-corrected chi connectivity index (χ4v) is 2.74. The van der Waals surface area contributed by atoms with Gasteiger partial charge in [-0.25, -0.2) is 0 Å². The van der Waals surface area contributed by atoms with Gasteiger partial charge in [0.25, 0.3) is 0 Å². The van der Waals surface area contributed by atoms with E-state index in [0.29, 0.717) is 18.2 Å². The third-order valence-corrected chi connectivity index (χ3v) is 3.58. The molecule has 2 fully saturated rings. The molecule has 0 aromatic carbocycles. The normalized spacial score (nSPS) is 31.9. The molecule has 0 aromatic rings. The Morgan fingerprint density at radius 1 is 1.38 bits per heavy atom. The van der Waals surface area contributed by atoms with Crippen LogP contribution in [0.25, 0.3) is 0 Å². The van der Waals surface area contributed by atoms with E-state index in [4.69, 9.17) is 9.47 Å². The summed E-state index contributed by atoms with van der Waals surface area (Å²) >= 11 is 0. The summed E-state index contributed by atoms with van der Waals surface area (Å²) in [7, 11) is 1.79. The Labute approximate surface area is 98.3 Å². The molecule has 2 aliphatic heterocycles. The zero-order chi connectivity index (χ0) is 11.4. The summed E-state index contributed by atoms with van der Waals surface area (Å²) in [4.78, 5) is 2.54. The van der Waals surface area contributed by atoms with E-state index in [1.54, 1.807) is 7.11 Å². The number of rotatable bonds is 6. The van der Waals surface area contributed by atoms with Crippen molar-refractivity contribution in [1.82, 2.24) is 10.2 Å². The molecule has 0 saturated carbocycles. The fourth-order valence-electron chi connectivity index (χ4n) is 2.74. The summed E-state index contributed by atoms with van der Waals surface area (Å²) in [6, 6.07) is 0.497. The van der Waals surface area contributed by atoms with Gasteiger partial charge in [0.05, 0.1) is 18.8 Å². The molecule has 4 nitrogen and oxygen atoms in total. The molecule has 2 saturated heterocycles. The summed E-state index contributed by atoms with van der Waals surface area (Å²) in [6.45, 7) is 7.16. The zero-order valence-electron chi connectivity index (χ0n) is 10.4. The predicted molar refractivity (Wildman–Crippen MR) is 63.7 cm³/mol. The smallest absolute Gasteiger partial charge is 0.0707 e. The molecule has 2 bridgehead atoms. The molecule has 0 aliphatic carbocycles. The molecule has 0 aromatic heterocycles. The molecule has 94 valence electrons. The highest BCUT2D eigenvalue weighted by Gasteiger charge is 2.36. The van der Waals surface area contributed by atoms with Gasteiger partial charge in [0.2, 0.25) is 0 Å². The Bertz CT molecular complexity index is 201. The van der Waals surface area contributed by atoms with E-state index in [2.05, 4.69) is 17.1 Å². The van der Waals surface area contributed by atoms with Crippen molar-refractivity contribution < 1.29 is 9.47 Å². The molecule has 0 amide bonds. The van der Waals surface area contributed by atoms with Crippen molar-refractivity contribution in [2.24, 2.45) is 0 Å². The molecule has 0 radical (unpaired) electrons. The van der Waals surface area contributed by atoms with Crippen LogP contribution in [0.1, 0.15) is 19.8 Å². The average molecular weight is 228 g/mol. The van der Waals surface area contributed by atoms with Gasteiger partial charge in [-0.3, -0.25) is 4.90 Å². The number of ether oxygens (including phenoxy) is 2. The monoisotopic (exact) mass is 228 g/mol. The van der Waals surface area contributed by atoms with E-state index < -0.39 is 0 Å². The van der Waals surface area contributed by atoms with Crippen LogP contribution in [-0.4, -0.2) is 63.0 Å². The number of hydrogen-bond acceptors (Lipinski definition) is 4. The molecule has 2 heterocycles. The molecule has 2 aliphatic rings. The molecule has 16 heavy (non-hydrogen) atoms. The van der Waals surface area contributed by atoms with Crippen molar-refractivity contribution in [2.75, 3.05) is 39.9 Å². The van der Waals surface area contributed by atoms with Crippen molar-refractivity contribution in [3.8, 4) is 0 Å². The van der Waals surface area contributed by atoms with Gasteiger partial charge in [-0.05, 0) is 19.4 Å². The zero-order valence-corrected chi connectivity index (χ0v) is 10.4. The Morgan fingerprint density at radius 2 is 2.06 bits per heavy atom. The van der Waals surface area contributed by atoms with Gasteiger partial charge in [-0.1, -0.05) is 6.92 Å². The number of likely N-dealkylation sites (tertiary alicyclic amines) is 1. The lowest BCUT2D eigenvalue weighted by atomic mass is 10.2. The maximum atomic E-state index is 5.86. The van der Waals surface area contributed by atoms with E-state index in [1.165, 1.54) is 12.8 Å². The first-order valence-electron chi connectivity index (χ1n) is 6.42. The molecule has 0 spiro atoms. The number of methoxy groups -OCH3 is 1. The second kappa shape index (κ2) is 5.96. The van der Waals surface area contributed by atoms with E-state index in [1.807, 2.05) is 0 Å². The highest BCUT2D eigenvalue weighted by atomic mass is 16.5. The Balaban J connectivity index is 1.86. The standard InChI is InChI=1S/C12H24N2O2/c1-3-13-6-10(9-15-2)14-7-11-4-5-12(8-14)16-11/h10-13H,3-9H2,1-2H3. The largest absolute Gasteiger partial charge is 0.383 e. The third-order valence-electron chi connectivity index (χ3n) is 3.58. The number of likely N-dealkylation sites (N-methyl/N-ethyl adjacent to an activating group) is 1. The quantitative estimate of drug-likeness (QED) is 0.717. The van der Waals surface area contributed by atoms with Crippen LogP contribution in [0, 0.1) is 0 Å². The van der Waals surface area contributed by atoms with Gasteiger partial charge in [0.15, 0.2) is 0 Å². The van der Waals surface area contributed by atoms with Crippen LogP contribution in [0.4, 0.5) is 0 Å². The van der Waals surface area contributed by atoms with E-state index in [-0.39, 0.29) is 0 Å². The van der Waals surface area contributed by atoms with Crippen LogP contribution in [0.15, 0.2) is 0 Å². The Hall–Kier alpha value is -0.160. The van der Waals surface area contributed by atoms with Crippen LogP contribution in [-0.2, 0) is 9.47 Å². The maximum absolute atomic E-state index is 5.86. The summed E-state index contributed by atoms with van der Waals surface area (Å²) in [5.41, 5.74) is 0. The van der Waals surface area contributed by atoms with Crippen molar-refractivity contribution in [3.63, 3.8) is 0 Å². The van der Waals surface area contributed by atoms with Gasteiger partial charge in [-0.15, -0.1) is 0 Å². The lowest BCUT2D eigenvalue weighted by Gasteiger charge is -2.37. The van der Waals surface area contributed by atoms with Crippen LogP contribution in [0.3, 0.4) is 0 Å². The van der Waals surface area contributed by atoms with E-state index in [9.17, 15) is 0 Å². The average Bonchev–Trinajstić information content (AvgIpc) is 2.63. The van der Waals surface area contributed by atoms with Crippen LogP contribution < -0.4 is 5.32 Å². The van der Waals surface area contributed by atoms with Crippen LogP contribution in [0.5, 0.6) is 0 Å². The summed E-state index contributed by atoms with van der Waals surface area (Å²) in [5, 5.41) is 3.42. The first-order valence-corrected chi connectivity index (χ1v) is 6.42. The molecule has 1 N–H and O–H groups in total. The van der Waals surface area contributed by atoms with Crippen molar-refractivity contribution in [3.05, 3.63) is 0 Å².